The highest BCUT2D eigenvalue weighted by atomic mass is 31.0. The molecular formula is C42H48N2O2P2. The highest BCUT2D eigenvalue weighted by Crippen LogP contribution is 2.30. The van der Waals surface area contributed by atoms with E-state index in [4.69, 9.17) is 9.47 Å². The SMILES string of the molecule is CC(C)Oc1cccc(CNC(P)c2cccc3ccccc23)c1.CC(C)Oc1ccccc1CNC(P)c1cccc2ccccc12. The zero-order valence-electron chi connectivity index (χ0n) is 28.4. The molecule has 6 aromatic carbocycles. The highest BCUT2D eigenvalue weighted by Gasteiger charge is 2.12. The molecule has 0 aliphatic carbocycles. The molecule has 0 saturated carbocycles. The number of rotatable bonds is 12. The quantitative estimate of drug-likeness (QED) is 0.127. The predicted octanol–water partition coefficient (Wildman–Crippen LogP) is 10.6. The molecule has 0 aliphatic rings. The van der Waals surface area contributed by atoms with Crippen LogP contribution < -0.4 is 20.1 Å². The van der Waals surface area contributed by atoms with Crippen LogP contribution in [-0.2, 0) is 13.1 Å². The predicted molar refractivity (Wildman–Crippen MR) is 211 cm³/mol. The molecule has 0 saturated heterocycles. The van der Waals surface area contributed by atoms with Gasteiger partial charge in [0.1, 0.15) is 11.5 Å². The zero-order chi connectivity index (χ0) is 33.9. The summed E-state index contributed by atoms with van der Waals surface area (Å²) in [4.78, 5) is 0. The zero-order valence-corrected chi connectivity index (χ0v) is 30.7. The second kappa shape index (κ2) is 17.6. The lowest BCUT2D eigenvalue weighted by Gasteiger charge is -2.19. The van der Waals surface area contributed by atoms with Crippen LogP contribution in [0.3, 0.4) is 0 Å². The van der Waals surface area contributed by atoms with Gasteiger partial charge in [-0.15, -0.1) is 18.5 Å². The first-order valence-electron chi connectivity index (χ1n) is 16.7. The monoisotopic (exact) mass is 674 g/mol. The summed E-state index contributed by atoms with van der Waals surface area (Å²) in [6, 6.07) is 46.4. The number of hydrogen-bond donors (Lipinski definition) is 2. The van der Waals surface area contributed by atoms with E-state index in [1.807, 2.05) is 38.1 Å². The Bertz CT molecular complexity index is 1900. The molecule has 4 atom stereocenters. The number of hydrogen-bond acceptors (Lipinski definition) is 4. The molecule has 0 bridgehead atoms. The molecule has 0 fully saturated rings. The number of benzene rings is 6. The molecule has 4 unspecified atom stereocenters. The van der Waals surface area contributed by atoms with Crippen LogP contribution in [0.4, 0.5) is 0 Å². The molecule has 4 nitrogen and oxygen atoms in total. The van der Waals surface area contributed by atoms with Crippen LogP contribution in [0.5, 0.6) is 11.5 Å². The lowest BCUT2D eigenvalue weighted by Crippen LogP contribution is -2.17. The van der Waals surface area contributed by atoms with Gasteiger partial charge in [-0.1, -0.05) is 115 Å². The summed E-state index contributed by atoms with van der Waals surface area (Å²) in [7, 11) is 5.83. The summed E-state index contributed by atoms with van der Waals surface area (Å²) in [5.74, 6) is 2.26. The first-order chi connectivity index (χ1) is 23.3. The van der Waals surface area contributed by atoms with Crippen molar-refractivity contribution in [3.63, 3.8) is 0 Å². The Morgan fingerprint density at radius 3 is 1.62 bits per heavy atom. The van der Waals surface area contributed by atoms with Gasteiger partial charge in [-0.3, -0.25) is 0 Å². The second-order valence-corrected chi connectivity index (χ2v) is 13.8. The maximum absolute atomic E-state index is 5.91. The Balaban J connectivity index is 0.000000188. The minimum atomic E-state index is 0.177. The molecule has 0 radical (unpaired) electrons. The lowest BCUT2D eigenvalue weighted by molar-refractivity contribution is 0.239. The van der Waals surface area contributed by atoms with Crippen molar-refractivity contribution in [2.75, 3.05) is 0 Å². The van der Waals surface area contributed by atoms with Crippen molar-refractivity contribution in [2.45, 2.75) is 64.6 Å². The van der Waals surface area contributed by atoms with Gasteiger partial charge in [-0.05, 0) is 84.1 Å². The van der Waals surface area contributed by atoms with Crippen LogP contribution >= 0.6 is 18.5 Å². The molecule has 6 rings (SSSR count). The fourth-order valence-corrected chi connectivity index (χ4v) is 6.55. The van der Waals surface area contributed by atoms with Crippen molar-refractivity contribution in [3.05, 3.63) is 156 Å². The van der Waals surface area contributed by atoms with Gasteiger partial charge in [0.25, 0.3) is 0 Å². The van der Waals surface area contributed by atoms with Gasteiger partial charge >= 0.3 is 0 Å². The largest absolute Gasteiger partial charge is 0.491 e. The van der Waals surface area contributed by atoms with Crippen molar-refractivity contribution in [2.24, 2.45) is 0 Å². The summed E-state index contributed by atoms with van der Waals surface area (Å²) in [6.07, 6.45) is 0.370. The fraction of sp³-hybridized carbons (Fsp3) is 0.238. The number of fused-ring (bicyclic) bond motifs is 2. The van der Waals surface area contributed by atoms with Crippen molar-refractivity contribution in [3.8, 4) is 11.5 Å². The average Bonchev–Trinajstić information content (AvgIpc) is 3.09. The molecule has 2 N–H and O–H groups in total. The molecule has 0 amide bonds. The summed E-state index contributed by atoms with van der Waals surface area (Å²) < 4.78 is 11.7. The first kappa shape index (κ1) is 35.5. The van der Waals surface area contributed by atoms with Crippen LogP contribution in [0.1, 0.15) is 61.5 Å². The van der Waals surface area contributed by atoms with E-state index in [0.717, 1.165) is 24.6 Å². The number of ether oxygens (including phenoxy) is 2. The Labute approximate surface area is 291 Å². The van der Waals surface area contributed by atoms with Gasteiger partial charge in [-0.2, -0.15) is 0 Å². The first-order valence-corrected chi connectivity index (χ1v) is 18.0. The van der Waals surface area contributed by atoms with E-state index >= 15 is 0 Å². The van der Waals surface area contributed by atoms with Crippen molar-refractivity contribution in [1.29, 1.82) is 0 Å². The maximum Gasteiger partial charge on any atom is 0.124 e. The Morgan fingerprint density at radius 1 is 0.521 bits per heavy atom. The summed E-state index contributed by atoms with van der Waals surface area (Å²) in [5, 5.41) is 12.3. The Kier molecular flexibility index (Phi) is 13.0. The van der Waals surface area contributed by atoms with Crippen LogP contribution in [0.25, 0.3) is 21.5 Å². The molecule has 48 heavy (non-hydrogen) atoms. The van der Waals surface area contributed by atoms with Gasteiger partial charge in [0.05, 0.1) is 12.2 Å². The van der Waals surface area contributed by atoms with Gasteiger partial charge in [0, 0.05) is 30.2 Å². The minimum Gasteiger partial charge on any atom is -0.491 e. The standard InChI is InChI=1S/2C21H24NOP/c1-15(2)23-20-13-6-4-9-17(20)14-22-21(24)19-12-7-10-16-8-3-5-11-18(16)19;1-15(2)23-18-10-5-7-16(13-18)14-22-21(24)20-12-6-9-17-8-3-4-11-19(17)20/h2*3-13,15,21-22H,14,24H2,1-2H3. The molecular weight excluding hydrogens is 626 g/mol. The smallest absolute Gasteiger partial charge is 0.124 e. The van der Waals surface area contributed by atoms with E-state index in [1.54, 1.807) is 0 Å². The minimum absolute atomic E-state index is 0.177. The van der Waals surface area contributed by atoms with Crippen LogP contribution in [-0.4, -0.2) is 12.2 Å². The third-order valence-corrected chi connectivity index (χ3v) is 9.15. The molecule has 6 heteroatoms. The molecule has 248 valence electrons. The molecule has 0 aliphatic heterocycles. The third-order valence-electron chi connectivity index (χ3n) is 7.96. The van der Waals surface area contributed by atoms with E-state index in [-0.39, 0.29) is 23.8 Å². The molecule has 0 heterocycles. The molecule has 0 aromatic heterocycles. The van der Waals surface area contributed by atoms with Gasteiger partial charge in [-0.25, -0.2) is 0 Å². The average molecular weight is 675 g/mol. The lowest BCUT2D eigenvalue weighted by atomic mass is 10.0. The molecule has 0 spiro atoms. The summed E-state index contributed by atoms with van der Waals surface area (Å²) in [6.45, 7) is 9.76. The Morgan fingerprint density at radius 2 is 1.02 bits per heavy atom. The second-order valence-electron chi connectivity index (χ2n) is 12.4. The fourth-order valence-electron chi connectivity index (χ4n) is 5.73. The molecule has 6 aromatic rings. The van der Waals surface area contributed by atoms with Crippen LogP contribution in [0.15, 0.2) is 133 Å². The maximum atomic E-state index is 5.91. The summed E-state index contributed by atoms with van der Waals surface area (Å²) >= 11 is 0. The topological polar surface area (TPSA) is 42.5 Å². The third kappa shape index (κ3) is 9.88. The normalized spacial score (nSPS) is 12.5. The number of para-hydroxylation sites is 1. The van der Waals surface area contributed by atoms with E-state index in [2.05, 4.69) is 152 Å². The highest BCUT2D eigenvalue weighted by molar-refractivity contribution is 7.17. The van der Waals surface area contributed by atoms with Crippen molar-refractivity contribution in [1.82, 2.24) is 10.6 Å². The van der Waals surface area contributed by atoms with Crippen molar-refractivity contribution >= 4 is 40.0 Å². The van der Waals surface area contributed by atoms with Gasteiger partial charge in [0.2, 0.25) is 0 Å². The number of nitrogens with one attached hydrogen (secondary N) is 2. The summed E-state index contributed by atoms with van der Waals surface area (Å²) in [5.41, 5.74) is 4.99. The van der Waals surface area contributed by atoms with Gasteiger partial charge < -0.3 is 20.1 Å². The Hall–Kier alpha value is -3.78. The van der Waals surface area contributed by atoms with Crippen LogP contribution in [0.2, 0.25) is 0 Å². The van der Waals surface area contributed by atoms with E-state index in [1.165, 1.54) is 43.8 Å². The van der Waals surface area contributed by atoms with Gasteiger partial charge in [0.15, 0.2) is 0 Å². The van der Waals surface area contributed by atoms with E-state index in [9.17, 15) is 0 Å². The van der Waals surface area contributed by atoms with E-state index in [0.29, 0.717) is 0 Å². The van der Waals surface area contributed by atoms with E-state index < -0.39 is 0 Å². The van der Waals surface area contributed by atoms with Crippen LogP contribution in [0, 0.1) is 0 Å². The van der Waals surface area contributed by atoms with Crippen molar-refractivity contribution < 1.29 is 9.47 Å².